The van der Waals surface area contributed by atoms with Crippen molar-refractivity contribution < 1.29 is 14.7 Å². The van der Waals surface area contributed by atoms with Gasteiger partial charge in [-0.25, -0.2) is 0 Å². The first-order chi connectivity index (χ1) is 31.4. The van der Waals surface area contributed by atoms with Gasteiger partial charge in [0.1, 0.15) is 0 Å². The minimum absolute atomic E-state index is 0.198. The Balaban J connectivity index is 2.81. The monoisotopic (exact) mass is 922 g/mol. The average Bonchev–Trinajstić information content (AvgIpc) is 3.30. The third kappa shape index (κ3) is 36.1. The highest BCUT2D eigenvalue weighted by atomic mass is 32.1. The Bertz CT molecular complexity index is 1050. The van der Waals surface area contributed by atoms with Crippen molar-refractivity contribution >= 4 is 28.2 Å². The standard InChI is InChI=1S/C55H111N5O3S/c1-6-11-16-20-24-28-32-39-56(40-33-29-25-21-17-12-7-2)44-45-58(42-35-31-27-23-19-14-9-4)52-54(62)60-48-46-59(47-49-60)53(61)51-57(41-34-30-26-22-18-13-8-3)43-37-38-55(63)64-50-36-15-10-5/h63-64H,6-52H2,1-5H3. The first-order valence-electron chi connectivity index (χ1n) is 28.3. The molecule has 0 spiro atoms. The number of hydrogen-bond acceptors (Lipinski definition) is 5. The second-order valence-corrected chi connectivity index (χ2v) is 21.0. The number of unbranched alkanes of at least 4 members (excludes halogenated alkanes) is 26. The summed E-state index contributed by atoms with van der Waals surface area (Å²) < 4.78 is 0. The van der Waals surface area contributed by atoms with Crippen LogP contribution in [-0.4, -0.2) is 137 Å². The van der Waals surface area contributed by atoms with Gasteiger partial charge in [0.2, 0.25) is 11.8 Å². The van der Waals surface area contributed by atoms with Gasteiger partial charge in [-0.05, 0) is 77.0 Å². The molecule has 0 aromatic rings. The number of nitrogens with zero attached hydrogens (tertiary/aromatic N) is 5. The largest absolute Gasteiger partial charge is 0.360 e. The van der Waals surface area contributed by atoms with E-state index in [0.29, 0.717) is 44.3 Å². The summed E-state index contributed by atoms with van der Waals surface area (Å²) in [6.07, 6.45) is 42.0. The minimum Gasteiger partial charge on any atom is -0.360 e. The Labute approximate surface area is 403 Å². The topological polar surface area (TPSA) is 70.6 Å². The first-order valence-corrected chi connectivity index (χ1v) is 29.4. The zero-order chi connectivity index (χ0) is 46.6. The van der Waals surface area contributed by atoms with Gasteiger partial charge >= 0.3 is 0 Å². The quantitative estimate of drug-likeness (QED) is 0.0360. The van der Waals surface area contributed by atoms with E-state index >= 15 is 0 Å². The van der Waals surface area contributed by atoms with Gasteiger partial charge in [0.15, 0.2) is 0 Å². The van der Waals surface area contributed by atoms with E-state index in [-0.39, 0.29) is 11.8 Å². The number of carbonyl (C=O) groups is 2. The van der Waals surface area contributed by atoms with E-state index in [1.54, 1.807) is 0 Å². The molecule has 0 radical (unpaired) electrons. The molecular weight excluding hydrogens is 811 g/mol. The molecule has 1 N–H and O–H groups in total. The molecule has 2 amide bonds. The third-order valence-corrected chi connectivity index (χ3v) is 14.8. The predicted octanol–water partition coefficient (Wildman–Crippen LogP) is 13.7. The van der Waals surface area contributed by atoms with Crippen molar-refractivity contribution in [1.82, 2.24) is 24.5 Å². The van der Waals surface area contributed by atoms with Crippen LogP contribution in [0.1, 0.15) is 247 Å². The number of carbonyl (C=O) groups excluding carboxylic acids is 2. The Morgan fingerprint density at radius 3 is 1.03 bits per heavy atom. The summed E-state index contributed by atoms with van der Waals surface area (Å²) in [5.41, 5.74) is 0. The molecule has 1 heterocycles. The Morgan fingerprint density at radius 2 is 0.656 bits per heavy atom. The lowest BCUT2D eigenvalue weighted by molar-refractivity contribution is -0.140. The number of hydrogen-bond donors (Lipinski definition) is 2. The smallest absolute Gasteiger partial charge is 0.236 e. The van der Waals surface area contributed by atoms with E-state index in [1.165, 1.54) is 206 Å². The fraction of sp³-hybridized carbons (Fsp3) is 0.945. The highest BCUT2D eigenvalue weighted by Crippen LogP contribution is 2.14. The zero-order valence-electron chi connectivity index (χ0n) is 43.7. The molecule has 0 aromatic carbocycles. The summed E-state index contributed by atoms with van der Waals surface area (Å²) in [4.78, 5) is 39.4. The molecule has 0 unspecified atom stereocenters. The highest BCUT2D eigenvalue weighted by molar-refractivity contribution is 7.98. The highest BCUT2D eigenvalue weighted by Gasteiger charge is 2.26. The number of thiol groups is 1. The van der Waals surface area contributed by atoms with Crippen LogP contribution in [0.5, 0.6) is 0 Å². The molecule has 1 aliphatic rings. The number of amides is 2. The van der Waals surface area contributed by atoms with Crippen molar-refractivity contribution in [3.05, 3.63) is 0 Å². The van der Waals surface area contributed by atoms with Crippen LogP contribution < -0.4 is 0 Å². The van der Waals surface area contributed by atoms with Gasteiger partial charge in [0, 0.05) is 45.7 Å². The average molecular weight is 923 g/mol. The summed E-state index contributed by atoms with van der Waals surface area (Å²) in [7, 11) is 0. The SMILES string of the molecule is CCCCCCCCCN(CCCCCCCCC)CCN(CCCCCCCCC)CC(=O)N1CCN(C(=O)CN(CCCCCCCCC)CCCC(O)=[SH]CCCCC)CC1. The van der Waals surface area contributed by atoms with E-state index < -0.39 is 0 Å². The predicted molar refractivity (Wildman–Crippen MR) is 285 cm³/mol. The summed E-state index contributed by atoms with van der Waals surface area (Å²) in [5.74, 6) is 1.48. The molecule has 64 heavy (non-hydrogen) atoms. The molecule has 9 heteroatoms. The lowest BCUT2D eigenvalue weighted by Gasteiger charge is -2.37. The normalized spacial score (nSPS) is 13.8. The fourth-order valence-corrected chi connectivity index (χ4v) is 10.2. The van der Waals surface area contributed by atoms with E-state index in [4.69, 9.17) is 0 Å². The van der Waals surface area contributed by atoms with Crippen LogP contribution in [0.2, 0.25) is 0 Å². The second kappa shape index (κ2) is 45.8. The summed E-state index contributed by atoms with van der Waals surface area (Å²) in [6, 6.07) is 0. The molecule has 1 saturated heterocycles. The van der Waals surface area contributed by atoms with Gasteiger partial charge in [0.25, 0.3) is 0 Å². The molecule has 1 aliphatic heterocycles. The molecule has 1 rings (SSSR count). The summed E-state index contributed by atoms with van der Waals surface area (Å²) in [5, 5.41) is 11.1. The lowest BCUT2D eigenvalue weighted by Crippen LogP contribution is -2.54. The number of piperazine rings is 1. The van der Waals surface area contributed by atoms with Gasteiger partial charge in [0.05, 0.1) is 18.1 Å². The summed E-state index contributed by atoms with van der Waals surface area (Å²) >= 11 is 1.08. The van der Waals surface area contributed by atoms with Crippen LogP contribution in [-0.2, 0) is 9.59 Å². The van der Waals surface area contributed by atoms with E-state index in [9.17, 15) is 14.7 Å². The maximum Gasteiger partial charge on any atom is 0.236 e. The maximum absolute atomic E-state index is 14.0. The van der Waals surface area contributed by atoms with Crippen molar-refractivity contribution in [3.63, 3.8) is 0 Å². The Hall–Kier alpha value is -1.00. The Morgan fingerprint density at radius 1 is 0.375 bits per heavy atom. The zero-order valence-corrected chi connectivity index (χ0v) is 44.6. The van der Waals surface area contributed by atoms with Crippen molar-refractivity contribution in [3.8, 4) is 0 Å². The minimum atomic E-state index is 0.198. The van der Waals surface area contributed by atoms with Gasteiger partial charge in [-0.15, -0.1) is 0 Å². The first kappa shape index (κ1) is 61.0. The van der Waals surface area contributed by atoms with Gasteiger partial charge in [-0.2, -0.15) is 11.4 Å². The van der Waals surface area contributed by atoms with Crippen molar-refractivity contribution in [1.29, 1.82) is 0 Å². The number of aliphatic hydroxyl groups is 1. The van der Waals surface area contributed by atoms with E-state index in [2.05, 4.69) is 49.3 Å². The van der Waals surface area contributed by atoms with Crippen LogP contribution in [0.25, 0.3) is 0 Å². The molecule has 380 valence electrons. The van der Waals surface area contributed by atoms with Crippen LogP contribution in [0.15, 0.2) is 0 Å². The van der Waals surface area contributed by atoms with Crippen molar-refractivity contribution in [2.45, 2.75) is 247 Å². The number of rotatable bonds is 47. The van der Waals surface area contributed by atoms with Gasteiger partial charge in [-0.1, -0.05) is 202 Å². The molecule has 0 aromatic heterocycles. The Kier molecular flexibility index (Phi) is 43.6. The number of aliphatic hydroxyl groups excluding tert-OH is 1. The summed E-state index contributed by atoms with van der Waals surface area (Å²) in [6.45, 7) is 22.0. The molecule has 0 saturated carbocycles. The fourth-order valence-electron chi connectivity index (χ4n) is 9.23. The van der Waals surface area contributed by atoms with Crippen molar-refractivity contribution in [2.24, 2.45) is 0 Å². The van der Waals surface area contributed by atoms with Crippen LogP contribution in [0.3, 0.4) is 0 Å². The van der Waals surface area contributed by atoms with E-state index in [0.717, 1.165) is 69.1 Å². The van der Waals surface area contributed by atoms with Crippen LogP contribution in [0.4, 0.5) is 0 Å². The molecule has 1 fully saturated rings. The molecular formula is C55H111N5O3S. The van der Waals surface area contributed by atoms with Crippen LogP contribution in [0, 0.1) is 0 Å². The third-order valence-electron chi connectivity index (χ3n) is 13.7. The molecule has 8 nitrogen and oxygen atoms in total. The second-order valence-electron chi connectivity index (χ2n) is 19.7. The van der Waals surface area contributed by atoms with Crippen LogP contribution >= 0.6 is 11.4 Å². The van der Waals surface area contributed by atoms with Gasteiger partial charge < -0.3 is 19.8 Å². The maximum atomic E-state index is 14.0. The van der Waals surface area contributed by atoms with E-state index in [1.807, 2.05) is 9.80 Å². The molecule has 0 aliphatic carbocycles. The lowest BCUT2D eigenvalue weighted by atomic mass is 10.1. The van der Waals surface area contributed by atoms with Gasteiger partial charge in [-0.3, -0.25) is 19.4 Å². The van der Waals surface area contributed by atoms with Crippen molar-refractivity contribution in [2.75, 3.05) is 90.8 Å². The molecule has 0 bridgehead atoms. The molecule has 0 atom stereocenters.